The second-order valence-electron chi connectivity index (χ2n) is 9.37. The second kappa shape index (κ2) is 6.96. The van der Waals surface area contributed by atoms with E-state index in [4.69, 9.17) is 0 Å². The van der Waals surface area contributed by atoms with E-state index in [-0.39, 0.29) is 18.1 Å². The Bertz CT molecular complexity index is 1030. The van der Waals surface area contributed by atoms with E-state index in [2.05, 4.69) is 44.1 Å². The normalized spacial score (nSPS) is 25.2. The lowest BCUT2D eigenvalue weighted by Gasteiger charge is -2.33. The van der Waals surface area contributed by atoms with Crippen LogP contribution in [-0.2, 0) is 17.8 Å². The van der Waals surface area contributed by atoms with Crippen molar-refractivity contribution in [2.75, 3.05) is 13.1 Å². The highest BCUT2D eigenvalue weighted by atomic mass is 16.4. The highest BCUT2D eigenvalue weighted by molar-refractivity contribution is 5.88. The Hall–Kier alpha value is -2.63. The quantitative estimate of drug-likeness (QED) is 0.842. The summed E-state index contributed by atoms with van der Waals surface area (Å²) in [5.74, 6) is 0.953. The zero-order chi connectivity index (χ0) is 21.2. The molecule has 3 atom stereocenters. The van der Waals surface area contributed by atoms with Gasteiger partial charge in [0.2, 0.25) is 5.91 Å². The van der Waals surface area contributed by atoms with E-state index in [9.17, 15) is 14.7 Å². The average Bonchev–Trinajstić information content (AvgIpc) is 3.04. The molecule has 1 saturated carbocycles. The molecular formula is C24H29N3O3. The van der Waals surface area contributed by atoms with E-state index >= 15 is 0 Å². The number of hydrogen-bond acceptors (Lipinski definition) is 3. The van der Waals surface area contributed by atoms with Gasteiger partial charge in [-0.1, -0.05) is 25.1 Å². The standard InChI is InChI=1S/C24H29N3O3/c1-13-5-4-6-17(14(13)2)16-7-9-26(10-8-16)20(28)12-27-19-11-18-15(3)21(18)22(19)23(25-27)24(29)30/h4-6,15-16,18,21H,7-12H2,1-3H3,(H,29,30)/t15-,18+,21-/m1/s1. The van der Waals surface area contributed by atoms with Crippen LogP contribution in [0.5, 0.6) is 0 Å². The van der Waals surface area contributed by atoms with Gasteiger partial charge in [-0.05, 0) is 73.5 Å². The number of carboxylic acid groups (broad SMARTS) is 1. The Labute approximate surface area is 176 Å². The SMILES string of the molecule is Cc1cccc(C2CCN(C(=O)Cn3nc(C(=O)O)c4c3C[C@H]3[C@@H](C)[C@@H]43)CC2)c1C. The van der Waals surface area contributed by atoms with Crippen LogP contribution in [0.2, 0.25) is 0 Å². The van der Waals surface area contributed by atoms with Gasteiger partial charge in [0.15, 0.2) is 5.69 Å². The number of hydrogen-bond donors (Lipinski definition) is 1. The van der Waals surface area contributed by atoms with E-state index in [1.165, 1.54) is 16.7 Å². The largest absolute Gasteiger partial charge is 0.476 e. The van der Waals surface area contributed by atoms with Gasteiger partial charge in [0.25, 0.3) is 0 Å². The summed E-state index contributed by atoms with van der Waals surface area (Å²) in [5.41, 5.74) is 6.11. The van der Waals surface area contributed by atoms with Crippen molar-refractivity contribution in [2.24, 2.45) is 11.8 Å². The van der Waals surface area contributed by atoms with Crippen molar-refractivity contribution in [3.63, 3.8) is 0 Å². The van der Waals surface area contributed by atoms with Gasteiger partial charge in [-0.25, -0.2) is 4.79 Å². The molecule has 1 aromatic carbocycles. The summed E-state index contributed by atoms with van der Waals surface area (Å²) in [5, 5.41) is 13.9. The van der Waals surface area contributed by atoms with Crippen molar-refractivity contribution >= 4 is 11.9 Å². The zero-order valence-corrected chi connectivity index (χ0v) is 17.9. The summed E-state index contributed by atoms with van der Waals surface area (Å²) in [6.45, 7) is 8.15. The molecule has 2 heterocycles. The fourth-order valence-electron chi connectivity index (χ4n) is 5.81. The summed E-state index contributed by atoms with van der Waals surface area (Å²) >= 11 is 0. The second-order valence-corrected chi connectivity index (χ2v) is 9.37. The number of likely N-dealkylation sites (tertiary alicyclic amines) is 1. The monoisotopic (exact) mass is 407 g/mol. The lowest BCUT2D eigenvalue weighted by atomic mass is 9.85. The van der Waals surface area contributed by atoms with Crippen molar-refractivity contribution in [3.05, 3.63) is 51.8 Å². The third kappa shape index (κ3) is 2.96. The highest BCUT2D eigenvalue weighted by Crippen LogP contribution is 2.61. The number of fused-ring (bicyclic) bond motifs is 3. The smallest absolute Gasteiger partial charge is 0.356 e. The van der Waals surface area contributed by atoms with Crippen molar-refractivity contribution in [3.8, 4) is 0 Å². The fraction of sp³-hybridized carbons (Fsp3) is 0.542. The maximum atomic E-state index is 13.0. The number of aromatic nitrogens is 2. The Morgan fingerprint density at radius 2 is 1.93 bits per heavy atom. The Kier molecular flexibility index (Phi) is 4.49. The van der Waals surface area contributed by atoms with Crippen molar-refractivity contribution in [1.29, 1.82) is 0 Å². The molecule has 2 aromatic rings. The van der Waals surface area contributed by atoms with Gasteiger partial charge < -0.3 is 10.0 Å². The van der Waals surface area contributed by atoms with Crippen molar-refractivity contribution < 1.29 is 14.7 Å². The number of carboxylic acids is 1. The number of carbonyl (C=O) groups excluding carboxylic acids is 1. The summed E-state index contributed by atoms with van der Waals surface area (Å²) in [7, 11) is 0. The van der Waals surface area contributed by atoms with Crippen LogP contribution >= 0.6 is 0 Å². The molecule has 1 N–H and O–H groups in total. The van der Waals surface area contributed by atoms with Gasteiger partial charge in [0.1, 0.15) is 6.54 Å². The lowest BCUT2D eigenvalue weighted by molar-refractivity contribution is -0.133. The average molecular weight is 408 g/mol. The van der Waals surface area contributed by atoms with Crippen LogP contribution in [0.3, 0.4) is 0 Å². The molecule has 1 saturated heterocycles. The Morgan fingerprint density at radius 1 is 1.20 bits per heavy atom. The molecule has 0 unspecified atom stereocenters. The minimum absolute atomic E-state index is 0.0466. The van der Waals surface area contributed by atoms with E-state index < -0.39 is 5.97 Å². The predicted octanol–water partition coefficient (Wildman–Crippen LogP) is 3.51. The van der Waals surface area contributed by atoms with Gasteiger partial charge in [0, 0.05) is 24.3 Å². The highest BCUT2D eigenvalue weighted by Gasteiger charge is 2.56. The molecule has 2 fully saturated rings. The minimum atomic E-state index is -0.980. The first-order chi connectivity index (χ1) is 14.4. The predicted molar refractivity (Wildman–Crippen MR) is 113 cm³/mol. The van der Waals surface area contributed by atoms with Gasteiger partial charge in [-0.3, -0.25) is 9.48 Å². The molecule has 6 nitrogen and oxygen atoms in total. The van der Waals surface area contributed by atoms with Crippen LogP contribution in [0.15, 0.2) is 18.2 Å². The number of carbonyl (C=O) groups is 2. The number of nitrogens with zero attached hydrogens (tertiary/aromatic N) is 3. The van der Waals surface area contributed by atoms with Gasteiger partial charge in [-0.2, -0.15) is 5.10 Å². The molecule has 0 bridgehead atoms. The van der Waals surface area contributed by atoms with E-state index in [0.717, 1.165) is 43.6 Å². The number of benzene rings is 1. The molecular weight excluding hydrogens is 378 g/mol. The van der Waals surface area contributed by atoms with Crippen LogP contribution < -0.4 is 0 Å². The molecule has 5 rings (SSSR count). The molecule has 1 amide bonds. The summed E-state index contributed by atoms with van der Waals surface area (Å²) in [4.78, 5) is 26.6. The number of aryl methyl sites for hydroxylation is 1. The van der Waals surface area contributed by atoms with E-state index in [0.29, 0.717) is 23.7 Å². The zero-order valence-electron chi connectivity index (χ0n) is 17.9. The molecule has 6 heteroatoms. The van der Waals surface area contributed by atoms with Crippen LogP contribution in [0.4, 0.5) is 0 Å². The maximum absolute atomic E-state index is 13.0. The summed E-state index contributed by atoms with van der Waals surface area (Å²) in [6, 6.07) is 6.49. The van der Waals surface area contributed by atoms with Crippen molar-refractivity contribution in [2.45, 2.75) is 58.4 Å². The summed E-state index contributed by atoms with van der Waals surface area (Å²) in [6.07, 6.45) is 2.79. The first-order valence-electron chi connectivity index (χ1n) is 11.0. The number of aromatic carboxylic acids is 1. The summed E-state index contributed by atoms with van der Waals surface area (Å²) < 4.78 is 1.68. The van der Waals surface area contributed by atoms with E-state index in [1.54, 1.807) is 4.68 Å². The molecule has 3 aliphatic rings. The number of rotatable bonds is 4. The lowest BCUT2D eigenvalue weighted by Crippen LogP contribution is -2.40. The Morgan fingerprint density at radius 3 is 2.63 bits per heavy atom. The molecule has 1 aromatic heterocycles. The van der Waals surface area contributed by atoms with E-state index in [1.807, 2.05) is 4.90 Å². The third-order valence-electron chi connectivity index (χ3n) is 7.84. The number of piperidine rings is 1. The molecule has 1 aliphatic heterocycles. The minimum Gasteiger partial charge on any atom is -0.476 e. The van der Waals surface area contributed by atoms with Crippen LogP contribution in [0.1, 0.15) is 70.0 Å². The van der Waals surface area contributed by atoms with Crippen LogP contribution in [-0.4, -0.2) is 44.8 Å². The Balaban J connectivity index is 1.27. The fourth-order valence-corrected chi connectivity index (χ4v) is 5.81. The molecule has 30 heavy (non-hydrogen) atoms. The molecule has 2 aliphatic carbocycles. The molecule has 0 spiro atoms. The number of amides is 1. The molecule has 158 valence electrons. The van der Waals surface area contributed by atoms with Gasteiger partial charge in [-0.15, -0.1) is 0 Å². The molecule has 0 radical (unpaired) electrons. The first-order valence-corrected chi connectivity index (χ1v) is 11.0. The maximum Gasteiger partial charge on any atom is 0.356 e. The van der Waals surface area contributed by atoms with Gasteiger partial charge in [0.05, 0.1) is 0 Å². The first kappa shape index (κ1) is 19.3. The third-order valence-corrected chi connectivity index (χ3v) is 7.84. The van der Waals surface area contributed by atoms with Crippen LogP contribution in [0, 0.1) is 25.7 Å². The van der Waals surface area contributed by atoms with Crippen molar-refractivity contribution in [1.82, 2.24) is 14.7 Å². The van der Waals surface area contributed by atoms with Gasteiger partial charge >= 0.3 is 5.97 Å². The topological polar surface area (TPSA) is 75.4 Å². The van der Waals surface area contributed by atoms with Crippen LogP contribution in [0.25, 0.3) is 0 Å².